The molecule has 4 heteroatoms. The number of carboxylic acid groups (broad SMARTS) is 1. The van der Waals surface area contributed by atoms with Gasteiger partial charge in [0.05, 0.1) is 0 Å². The van der Waals surface area contributed by atoms with E-state index in [9.17, 15) is 4.79 Å². The van der Waals surface area contributed by atoms with Crippen LogP contribution in [0.5, 0.6) is 0 Å². The first-order valence-electron chi connectivity index (χ1n) is 3.67. The van der Waals surface area contributed by atoms with Crippen LogP contribution in [0.1, 0.15) is 32.6 Å². The maximum atomic E-state index is 10.2. The smallest absolute Gasteiger partial charge is 0.320 e. The summed E-state index contributed by atoms with van der Waals surface area (Å²) >= 11 is 0. The van der Waals surface area contributed by atoms with Crippen molar-refractivity contribution in [2.45, 2.75) is 38.6 Å². The van der Waals surface area contributed by atoms with Gasteiger partial charge >= 0.3 is 5.97 Å². The van der Waals surface area contributed by atoms with Crippen LogP contribution in [-0.2, 0) is 4.79 Å². The number of carboxylic acids is 1. The van der Waals surface area contributed by atoms with Crippen LogP contribution in [-0.4, -0.2) is 17.1 Å². The number of carbonyl (C=O) groups is 1. The fourth-order valence-corrected chi connectivity index (χ4v) is 0.738. The van der Waals surface area contributed by atoms with Crippen molar-refractivity contribution in [3.8, 4) is 0 Å². The van der Waals surface area contributed by atoms with Gasteiger partial charge in [-0.1, -0.05) is 26.2 Å². The normalized spacial score (nSPS) is 11.8. The molecule has 0 saturated heterocycles. The summed E-state index contributed by atoms with van der Waals surface area (Å²) < 4.78 is 0. The molecule has 11 heavy (non-hydrogen) atoms. The number of hydrogen-bond acceptors (Lipinski definition) is 2. The Labute approximate surface area is 73.4 Å². The SMILES string of the molecule is CCCCC[C@H](N)C(=O)O.Cl. The zero-order valence-corrected chi connectivity index (χ0v) is 7.56. The minimum Gasteiger partial charge on any atom is -0.480 e. The van der Waals surface area contributed by atoms with Gasteiger partial charge in [-0.3, -0.25) is 4.79 Å². The largest absolute Gasteiger partial charge is 0.480 e. The fraction of sp³-hybridized carbons (Fsp3) is 0.857. The number of halogens is 1. The Morgan fingerprint density at radius 1 is 1.55 bits per heavy atom. The molecule has 68 valence electrons. The lowest BCUT2D eigenvalue weighted by Gasteiger charge is -2.03. The molecule has 0 aliphatic heterocycles. The first-order chi connectivity index (χ1) is 4.68. The molecular formula is C7H16ClNO2. The second-order valence-electron chi connectivity index (χ2n) is 2.44. The molecule has 0 spiro atoms. The number of nitrogens with two attached hydrogens (primary N) is 1. The van der Waals surface area contributed by atoms with Gasteiger partial charge in [-0.2, -0.15) is 0 Å². The van der Waals surface area contributed by atoms with Gasteiger partial charge < -0.3 is 10.8 Å². The first-order valence-corrected chi connectivity index (χ1v) is 3.67. The molecule has 0 radical (unpaired) electrons. The van der Waals surface area contributed by atoms with E-state index < -0.39 is 12.0 Å². The van der Waals surface area contributed by atoms with Gasteiger partial charge in [0.2, 0.25) is 0 Å². The lowest BCUT2D eigenvalue weighted by atomic mass is 10.1. The molecule has 0 aromatic heterocycles. The molecule has 0 aliphatic carbocycles. The number of rotatable bonds is 5. The van der Waals surface area contributed by atoms with Crippen LogP contribution in [0.2, 0.25) is 0 Å². The maximum absolute atomic E-state index is 10.2. The van der Waals surface area contributed by atoms with Crippen LogP contribution in [0.15, 0.2) is 0 Å². The van der Waals surface area contributed by atoms with Crippen LogP contribution >= 0.6 is 12.4 Å². The predicted molar refractivity (Wildman–Crippen MR) is 47.0 cm³/mol. The van der Waals surface area contributed by atoms with E-state index in [0.29, 0.717) is 6.42 Å². The van der Waals surface area contributed by atoms with Crippen molar-refractivity contribution in [1.29, 1.82) is 0 Å². The minimum absolute atomic E-state index is 0. The molecule has 0 amide bonds. The average molecular weight is 182 g/mol. The Bertz CT molecular complexity index is 109. The van der Waals surface area contributed by atoms with Gasteiger partial charge in [-0.05, 0) is 6.42 Å². The van der Waals surface area contributed by atoms with E-state index in [1.807, 2.05) is 0 Å². The Morgan fingerprint density at radius 3 is 2.45 bits per heavy atom. The van der Waals surface area contributed by atoms with E-state index in [1.165, 1.54) is 0 Å². The van der Waals surface area contributed by atoms with Crippen molar-refractivity contribution in [2.75, 3.05) is 0 Å². The Balaban J connectivity index is 0. The number of aliphatic carboxylic acids is 1. The molecule has 3 N–H and O–H groups in total. The van der Waals surface area contributed by atoms with Gasteiger partial charge in [-0.15, -0.1) is 12.4 Å². The molecule has 1 atom stereocenters. The second-order valence-corrected chi connectivity index (χ2v) is 2.44. The van der Waals surface area contributed by atoms with Crippen LogP contribution in [0.4, 0.5) is 0 Å². The third kappa shape index (κ3) is 7.62. The van der Waals surface area contributed by atoms with Gasteiger partial charge in [0, 0.05) is 0 Å². The summed E-state index contributed by atoms with van der Waals surface area (Å²) in [6, 6.07) is -0.661. The van der Waals surface area contributed by atoms with E-state index in [1.54, 1.807) is 0 Å². The molecule has 3 nitrogen and oxygen atoms in total. The highest BCUT2D eigenvalue weighted by molar-refractivity contribution is 5.85. The summed E-state index contributed by atoms with van der Waals surface area (Å²) in [4.78, 5) is 10.2. The van der Waals surface area contributed by atoms with Crippen molar-refractivity contribution in [2.24, 2.45) is 5.73 Å². The fourth-order valence-electron chi connectivity index (χ4n) is 0.738. The van der Waals surface area contributed by atoms with E-state index >= 15 is 0 Å². The second kappa shape index (κ2) is 7.82. The molecule has 0 bridgehead atoms. The molecule has 0 aliphatic rings. The summed E-state index contributed by atoms with van der Waals surface area (Å²) in [5.74, 6) is -0.892. The first kappa shape index (κ1) is 13.3. The third-order valence-corrected chi connectivity index (χ3v) is 1.44. The molecule has 0 saturated carbocycles. The molecule has 0 fully saturated rings. The van der Waals surface area contributed by atoms with Gasteiger partial charge in [0.1, 0.15) is 6.04 Å². The van der Waals surface area contributed by atoms with Crippen molar-refractivity contribution in [1.82, 2.24) is 0 Å². The van der Waals surface area contributed by atoms with E-state index in [2.05, 4.69) is 6.92 Å². The molecule has 0 unspecified atom stereocenters. The van der Waals surface area contributed by atoms with Crippen LogP contribution in [0.3, 0.4) is 0 Å². The lowest BCUT2D eigenvalue weighted by Crippen LogP contribution is -2.29. The average Bonchev–Trinajstić information content (AvgIpc) is 1.88. The minimum atomic E-state index is -0.892. The zero-order valence-electron chi connectivity index (χ0n) is 6.75. The molecule has 0 aromatic rings. The van der Waals surface area contributed by atoms with E-state index in [0.717, 1.165) is 19.3 Å². The van der Waals surface area contributed by atoms with E-state index in [-0.39, 0.29) is 12.4 Å². The van der Waals surface area contributed by atoms with Crippen LogP contribution in [0.25, 0.3) is 0 Å². The zero-order chi connectivity index (χ0) is 7.98. The highest BCUT2D eigenvalue weighted by atomic mass is 35.5. The number of unbranched alkanes of at least 4 members (excludes halogenated alkanes) is 2. The van der Waals surface area contributed by atoms with Crippen molar-refractivity contribution in [3.05, 3.63) is 0 Å². The molecular weight excluding hydrogens is 166 g/mol. The van der Waals surface area contributed by atoms with Crippen molar-refractivity contribution in [3.63, 3.8) is 0 Å². The van der Waals surface area contributed by atoms with E-state index in [4.69, 9.17) is 10.8 Å². The Hall–Kier alpha value is -0.280. The summed E-state index contributed by atoms with van der Waals surface area (Å²) in [7, 11) is 0. The maximum Gasteiger partial charge on any atom is 0.320 e. The third-order valence-electron chi connectivity index (χ3n) is 1.44. The Morgan fingerprint density at radius 2 is 2.09 bits per heavy atom. The predicted octanol–water partition coefficient (Wildman–Crippen LogP) is 1.40. The van der Waals surface area contributed by atoms with Gasteiger partial charge in [0.15, 0.2) is 0 Å². The summed E-state index contributed by atoms with van der Waals surface area (Å²) in [5.41, 5.74) is 5.26. The quantitative estimate of drug-likeness (QED) is 0.631. The monoisotopic (exact) mass is 181 g/mol. The van der Waals surface area contributed by atoms with Crippen molar-refractivity contribution >= 4 is 18.4 Å². The molecule has 0 aromatic carbocycles. The highest BCUT2D eigenvalue weighted by Crippen LogP contribution is 2.01. The summed E-state index contributed by atoms with van der Waals surface area (Å²) in [6.07, 6.45) is 3.69. The van der Waals surface area contributed by atoms with Gasteiger partial charge in [-0.25, -0.2) is 0 Å². The van der Waals surface area contributed by atoms with Crippen LogP contribution in [0, 0.1) is 0 Å². The Kier molecular flexibility index (Phi) is 9.47. The topological polar surface area (TPSA) is 63.3 Å². The molecule has 0 rings (SSSR count). The highest BCUT2D eigenvalue weighted by Gasteiger charge is 2.09. The van der Waals surface area contributed by atoms with Crippen LogP contribution < -0.4 is 5.73 Å². The van der Waals surface area contributed by atoms with Crippen molar-refractivity contribution < 1.29 is 9.90 Å². The summed E-state index contributed by atoms with van der Waals surface area (Å²) in [5, 5.41) is 8.36. The lowest BCUT2D eigenvalue weighted by molar-refractivity contribution is -0.138. The standard InChI is InChI=1S/C7H15NO2.ClH/c1-2-3-4-5-6(8)7(9)10;/h6H,2-5,8H2,1H3,(H,9,10);1H/t6-;/m0./s1. The molecule has 0 heterocycles. The van der Waals surface area contributed by atoms with Gasteiger partial charge in [0.25, 0.3) is 0 Å². The number of hydrogen-bond donors (Lipinski definition) is 2. The summed E-state index contributed by atoms with van der Waals surface area (Å²) in [6.45, 7) is 2.08.